The molecule has 2 heterocycles. The lowest BCUT2D eigenvalue weighted by Crippen LogP contribution is -2.10. The predicted molar refractivity (Wildman–Crippen MR) is 132 cm³/mol. The summed E-state index contributed by atoms with van der Waals surface area (Å²) in [6.07, 6.45) is 1.67. The molecule has 5 aromatic rings. The van der Waals surface area contributed by atoms with Crippen molar-refractivity contribution >= 4 is 33.5 Å². The fraction of sp³-hybridized carbons (Fsp3) is 0.111. The molecule has 0 saturated heterocycles. The lowest BCUT2D eigenvalue weighted by molar-refractivity contribution is 0.0998. The van der Waals surface area contributed by atoms with E-state index in [-0.39, 0.29) is 11.7 Å². The molecule has 3 aromatic carbocycles. The molecule has 0 bridgehead atoms. The molecule has 0 spiro atoms. The summed E-state index contributed by atoms with van der Waals surface area (Å²) in [4.78, 5) is 17.1. The lowest BCUT2D eigenvalue weighted by Gasteiger charge is -2.12. The van der Waals surface area contributed by atoms with Crippen LogP contribution in [-0.2, 0) is 0 Å². The second-order valence-corrected chi connectivity index (χ2v) is 7.63. The Balaban J connectivity index is 1.41. The molecule has 5 rings (SSSR count). The van der Waals surface area contributed by atoms with Crippen LogP contribution >= 0.6 is 0 Å². The summed E-state index contributed by atoms with van der Waals surface area (Å²) in [7, 11) is 4.73. The van der Waals surface area contributed by atoms with Gasteiger partial charge in [-0.15, -0.1) is 0 Å². The van der Waals surface area contributed by atoms with Gasteiger partial charge in [0.05, 0.1) is 26.8 Å². The number of amides is 1. The van der Waals surface area contributed by atoms with Crippen molar-refractivity contribution in [3.8, 4) is 28.7 Å². The van der Waals surface area contributed by atoms with E-state index < -0.39 is 0 Å². The second kappa shape index (κ2) is 9.26. The molecule has 2 aromatic heterocycles. The molecule has 35 heavy (non-hydrogen) atoms. The molecule has 0 atom stereocenters. The number of nitrogens with one attached hydrogen (secondary N) is 1. The quantitative estimate of drug-likeness (QED) is 0.309. The van der Waals surface area contributed by atoms with Crippen molar-refractivity contribution in [2.24, 2.45) is 0 Å². The van der Waals surface area contributed by atoms with E-state index in [0.717, 1.165) is 10.8 Å². The number of pyridine rings is 1. The van der Waals surface area contributed by atoms with Crippen molar-refractivity contribution in [3.63, 3.8) is 0 Å². The highest BCUT2D eigenvalue weighted by molar-refractivity contribution is 6.04. The normalized spacial score (nSPS) is 10.8. The highest BCUT2D eigenvalue weighted by Crippen LogP contribution is 2.37. The topological polar surface area (TPSA) is 92.1 Å². The SMILES string of the molecule is COc1cccc(NC(=O)c2cc3cc(Oc4ccnc5cc(OC)c(OC)cc45)ccc3o2)c1. The van der Waals surface area contributed by atoms with Gasteiger partial charge in [0.15, 0.2) is 17.3 Å². The number of rotatable bonds is 7. The van der Waals surface area contributed by atoms with E-state index in [1.807, 2.05) is 12.1 Å². The monoisotopic (exact) mass is 470 g/mol. The summed E-state index contributed by atoms with van der Waals surface area (Å²) in [6.45, 7) is 0. The first kappa shape index (κ1) is 22.1. The largest absolute Gasteiger partial charge is 0.497 e. The van der Waals surface area contributed by atoms with E-state index in [4.69, 9.17) is 23.4 Å². The minimum Gasteiger partial charge on any atom is -0.497 e. The fourth-order valence-electron chi connectivity index (χ4n) is 3.75. The summed E-state index contributed by atoms with van der Waals surface area (Å²) >= 11 is 0. The Hall–Kier alpha value is -4.72. The average Bonchev–Trinajstić information content (AvgIpc) is 3.32. The number of nitrogens with zero attached hydrogens (tertiary/aromatic N) is 1. The van der Waals surface area contributed by atoms with Crippen LogP contribution in [0.2, 0.25) is 0 Å². The van der Waals surface area contributed by atoms with Gasteiger partial charge in [-0.2, -0.15) is 0 Å². The van der Waals surface area contributed by atoms with Crippen LogP contribution in [0.3, 0.4) is 0 Å². The Kier molecular flexibility index (Phi) is 5.85. The molecule has 8 nitrogen and oxygen atoms in total. The Morgan fingerprint density at radius 1 is 0.829 bits per heavy atom. The number of hydrogen-bond donors (Lipinski definition) is 1. The summed E-state index contributed by atoms with van der Waals surface area (Å²) in [5.74, 6) is 2.83. The van der Waals surface area contributed by atoms with E-state index in [1.165, 1.54) is 0 Å². The first-order chi connectivity index (χ1) is 17.1. The van der Waals surface area contributed by atoms with Crippen LogP contribution in [0.5, 0.6) is 28.7 Å². The molecule has 0 saturated carbocycles. The third kappa shape index (κ3) is 4.41. The summed E-state index contributed by atoms with van der Waals surface area (Å²) < 4.78 is 27.9. The number of fused-ring (bicyclic) bond motifs is 2. The van der Waals surface area contributed by atoms with E-state index in [2.05, 4.69) is 10.3 Å². The van der Waals surface area contributed by atoms with Crippen LogP contribution in [-0.4, -0.2) is 32.2 Å². The molecule has 0 aliphatic rings. The minimum atomic E-state index is -0.363. The molecule has 176 valence electrons. The second-order valence-electron chi connectivity index (χ2n) is 7.63. The summed E-state index contributed by atoms with van der Waals surface area (Å²) in [6, 6.07) is 19.5. The maximum Gasteiger partial charge on any atom is 0.291 e. The number of furan rings is 1. The van der Waals surface area contributed by atoms with Crippen molar-refractivity contribution in [2.45, 2.75) is 0 Å². The molecule has 1 amide bonds. The van der Waals surface area contributed by atoms with Gasteiger partial charge < -0.3 is 28.7 Å². The molecule has 0 aliphatic carbocycles. The molecular weight excluding hydrogens is 448 g/mol. The van der Waals surface area contributed by atoms with Gasteiger partial charge in [0.1, 0.15) is 22.8 Å². The Labute approximate surface area is 201 Å². The molecule has 0 radical (unpaired) electrons. The fourth-order valence-corrected chi connectivity index (χ4v) is 3.75. The van der Waals surface area contributed by atoms with Crippen LogP contribution in [0.15, 0.2) is 77.3 Å². The third-order valence-electron chi connectivity index (χ3n) is 5.47. The van der Waals surface area contributed by atoms with Gasteiger partial charge in [-0.25, -0.2) is 0 Å². The summed E-state index contributed by atoms with van der Waals surface area (Å²) in [5.41, 5.74) is 1.88. The maximum absolute atomic E-state index is 12.7. The van der Waals surface area contributed by atoms with Gasteiger partial charge in [-0.3, -0.25) is 9.78 Å². The van der Waals surface area contributed by atoms with Crippen LogP contribution < -0.4 is 24.3 Å². The number of ether oxygens (including phenoxy) is 4. The first-order valence-corrected chi connectivity index (χ1v) is 10.8. The highest BCUT2D eigenvalue weighted by Gasteiger charge is 2.15. The number of benzene rings is 3. The van der Waals surface area contributed by atoms with E-state index in [9.17, 15) is 4.79 Å². The number of anilines is 1. The van der Waals surface area contributed by atoms with Crippen molar-refractivity contribution < 1.29 is 28.2 Å². The van der Waals surface area contributed by atoms with Crippen LogP contribution in [0.4, 0.5) is 5.69 Å². The first-order valence-electron chi connectivity index (χ1n) is 10.8. The standard InChI is InChI=1S/C27H22N2O6/c1-31-18-6-4-5-17(13-18)29-27(30)26-12-16-11-19(7-8-22(16)35-26)34-23-9-10-28-21-15-25(33-3)24(32-2)14-20(21)23/h4-15H,1-3H3,(H,29,30). The zero-order chi connectivity index (χ0) is 24.4. The number of carbonyl (C=O) groups is 1. The zero-order valence-corrected chi connectivity index (χ0v) is 19.3. The Morgan fingerprint density at radius 3 is 2.46 bits per heavy atom. The van der Waals surface area contributed by atoms with Crippen LogP contribution in [0.25, 0.3) is 21.9 Å². The van der Waals surface area contributed by atoms with Gasteiger partial charge in [0.25, 0.3) is 5.91 Å². The molecule has 1 N–H and O–H groups in total. The van der Waals surface area contributed by atoms with Crippen LogP contribution in [0.1, 0.15) is 10.6 Å². The van der Waals surface area contributed by atoms with Crippen molar-refractivity contribution in [2.75, 3.05) is 26.6 Å². The maximum atomic E-state index is 12.7. The minimum absolute atomic E-state index is 0.186. The third-order valence-corrected chi connectivity index (χ3v) is 5.47. The lowest BCUT2D eigenvalue weighted by atomic mass is 10.1. The predicted octanol–water partition coefficient (Wildman–Crippen LogP) is 6.05. The Bertz CT molecular complexity index is 1540. The summed E-state index contributed by atoms with van der Waals surface area (Å²) in [5, 5.41) is 4.32. The molecule has 0 aliphatic heterocycles. The molecule has 0 unspecified atom stereocenters. The number of methoxy groups -OCH3 is 3. The van der Waals surface area contributed by atoms with Crippen LogP contribution in [0, 0.1) is 0 Å². The van der Waals surface area contributed by atoms with Crippen molar-refractivity contribution in [1.29, 1.82) is 0 Å². The van der Waals surface area contributed by atoms with Gasteiger partial charge >= 0.3 is 0 Å². The number of hydrogen-bond acceptors (Lipinski definition) is 7. The van der Waals surface area contributed by atoms with Gasteiger partial charge in [0, 0.05) is 34.8 Å². The molecule has 8 heteroatoms. The highest BCUT2D eigenvalue weighted by atomic mass is 16.5. The van der Waals surface area contributed by atoms with E-state index in [0.29, 0.717) is 45.5 Å². The molecular formula is C27H22N2O6. The molecule has 0 fully saturated rings. The number of carbonyl (C=O) groups excluding carboxylic acids is 1. The average molecular weight is 470 g/mol. The van der Waals surface area contributed by atoms with E-state index >= 15 is 0 Å². The van der Waals surface area contributed by atoms with Gasteiger partial charge in [-0.05, 0) is 48.5 Å². The van der Waals surface area contributed by atoms with Crippen molar-refractivity contribution in [1.82, 2.24) is 4.98 Å². The Morgan fingerprint density at radius 2 is 1.66 bits per heavy atom. The van der Waals surface area contributed by atoms with Gasteiger partial charge in [-0.1, -0.05) is 6.07 Å². The smallest absolute Gasteiger partial charge is 0.291 e. The van der Waals surface area contributed by atoms with E-state index in [1.54, 1.807) is 82.1 Å². The van der Waals surface area contributed by atoms with Crippen molar-refractivity contribution in [3.05, 3.63) is 78.7 Å². The van der Waals surface area contributed by atoms with Gasteiger partial charge in [0.2, 0.25) is 0 Å². The number of aromatic nitrogens is 1. The zero-order valence-electron chi connectivity index (χ0n) is 19.3.